The largest absolute Gasteiger partial charge is 0.328 e. The second-order valence-electron chi connectivity index (χ2n) is 5.77. The van der Waals surface area contributed by atoms with E-state index in [9.17, 15) is 4.79 Å². The van der Waals surface area contributed by atoms with Gasteiger partial charge >= 0.3 is 6.03 Å². The van der Waals surface area contributed by atoms with Crippen molar-refractivity contribution in [3.63, 3.8) is 0 Å². The third kappa shape index (κ3) is 2.88. The monoisotopic (exact) mass is 358 g/mol. The van der Waals surface area contributed by atoms with Gasteiger partial charge in [-0.25, -0.2) is 4.79 Å². The molecule has 0 atom stereocenters. The van der Waals surface area contributed by atoms with Crippen LogP contribution in [0.2, 0.25) is 0 Å². The first-order chi connectivity index (χ1) is 10.6. The molecule has 1 saturated carbocycles. The smallest absolute Gasteiger partial charge is 0.322 e. The summed E-state index contributed by atoms with van der Waals surface area (Å²) >= 11 is 3.52. The van der Waals surface area contributed by atoms with E-state index < -0.39 is 0 Å². The van der Waals surface area contributed by atoms with Gasteiger partial charge in [-0.1, -0.05) is 46.3 Å². The molecule has 1 fully saturated rings. The number of para-hydroxylation sites is 1. The van der Waals surface area contributed by atoms with Crippen molar-refractivity contribution in [3.05, 3.63) is 64.6 Å². The van der Waals surface area contributed by atoms with Gasteiger partial charge in [0.1, 0.15) is 0 Å². The Kier molecular flexibility index (Phi) is 4.21. The molecule has 0 saturated heterocycles. The Bertz CT molecular complexity index is 668. The highest BCUT2D eigenvalue weighted by atomic mass is 79.9. The third-order valence-electron chi connectivity index (χ3n) is 4.38. The van der Waals surface area contributed by atoms with Crippen LogP contribution in [0.1, 0.15) is 24.8 Å². The fraction of sp³-hybridized carbons (Fsp3) is 0.278. The van der Waals surface area contributed by atoms with Gasteiger partial charge in [0, 0.05) is 17.2 Å². The summed E-state index contributed by atoms with van der Waals surface area (Å²) in [5.74, 6) is 0. The molecule has 2 aromatic rings. The maximum Gasteiger partial charge on any atom is 0.322 e. The van der Waals surface area contributed by atoms with E-state index in [1.54, 1.807) is 11.9 Å². The summed E-state index contributed by atoms with van der Waals surface area (Å²) in [6.45, 7) is 0. The molecule has 0 heterocycles. The van der Waals surface area contributed by atoms with Crippen LogP contribution in [-0.4, -0.2) is 13.1 Å². The molecular weight excluding hydrogens is 340 g/mol. The topological polar surface area (TPSA) is 32.3 Å². The summed E-state index contributed by atoms with van der Waals surface area (Å²) in [4.78, 5) is 14.3. The molecule has 22 heavy (non-hydrogen) atoms. The lowest BCUT2D eigenvalue weighted by Gasteiger charge is -2.44. The second kappa shape index (κ2) is 6.13. The summed E-state index contributed by atoms with van der Waals surface area (Å²) in [7, 11) is 1.80. The number of rotatable bonds is 3. The molecular formula is C18H19BrN2O. The number of urea groups is 1. The summed E-state index contributed by atoms with van der Waals surface area (Å²) < 4.78 is 1.04. The Morgan fingerprint density at radius 2 is 1.86 bits per heavy atom. The van der Waals surface area contributed by atoms with E-state index in [-0.39, 0.29) is 11.6 Å². The molecule has 3 nitrogen and oxygen atoms in total. The summed E-state index contributed by atoms with van der Waals surface area (Å²) in [5.41, 5.74) is 1.83. The van der Waals surface area contributed by atoms with Gasteiger partial charge in [-0.05, 0) is 49.1 Å². The van der Waals surface area contributed by atoms with Gasteiger partial charge in [0.25, 0.3) is 0 Å². The number of amides is 2. The van der Waals surface area contributed by atoms with E-state index >= 15 is 0 Å². The number of nitrogens with zero attached hydrogens (tertiary/aromatic N) is 1. The lowest BCUT2D eigenvalue weighted by molar-refractivity contribution is 0.182. The average Bonchev–Trinajstić information content (AvgIpc) is 2.50. The fourth-order valence-corrected chi connectivity index (χ4v) is 3.26. The molecule has 0 aliphatic heterocycles. The predicted molar refractivity (Wildman–Crippen MR) is 93.0 cm³/mol. The zero-order valence-electron chi connectivity index (χ0n) is 12.6. The SMILES string of the molecule is CN(C(=O)NC1(c2cccc(Br)c2)CCC1)c1ccccc1. The lowest BCUT2D eigenvalue weighted by Crippen LogP contribution is -2.54. The van der Waals surface area contributed by atoms with Crippen LogP contribution in [0.3, 0.4) is 0 Å². The van der Waals surface area contributed by atoms with Gasteiger partial charge in [0.2, 0.25) is 0 Å². The molecule has 4 heteroatoms. The highest BCUT2D eigenvalue weighted by Gasteiger charge is 2.40. The minimum absolute atomic E-state index is 0.0640. The van der Waals surface area contributed by atoms with Gasteiger partial charge < -0.3 is 5.32 Å². The number of anilines is 1. The minimum Gasteiger partial charge on any atom is -0.328 e. The Balaban J connectivity index is 1.80. The Labute approximate surface area is 139 Å². The van der Waals surface area contributed by atoms with Gasteiger partial charge in [-0.2, -0.15) is 0 Å². The first kappa shape index (κ1) is 15.1. The van der Waals surface area contributed by atoms with Crippen molar-refractivity contribution in [1.82, 2.24) is 5.32 Å². The number of carbonyl (C=O) groups is 1. The number of hydrogen-bond donors (Lipinski definition) is 1. The summed E-state index contributed by atoms with van der Waals surface area (Å²) in [6.07, 6.45) is 3.11. The average molecular weight is 359 g/mol. The van der Waals surface area contributed by atoms with Gasteiger partial charge in [-0.3, -0.25) is 4.90 Å². The molecule has 2 amide bonds. The van der Waals surface area contributed by atoms with E-state index in [4.69, 9.17) is 0 Å². The molecule has 2 aromatic carbocycles. The standard InChI is InChI=1S/C18H19BrN2O/c1-21(16-9-3-2-4-10-16)17(22)20-18(11-6-12-18)14-7-5-8-15(19)13-14/h2-5,7-10,13H,6,11-12H2,1H3,(H,20,22). The second-order valence-corrected chi connectivity index (χ2v) is 6.69. The van der Waals surface area contributed by atoms with E-state index in [1.165, 1.54) is 5.56 Å². The molecule has 0 spiro atoms. The lowest BCUT2D eigenvalue weighted by atomic mass is 9.72. The molecule has 1 aliphatic carbocycles. The number of halogens is 1. The summed E-state index contributed by atoms with van der Waals surface area (Å²) in [5, 5.41) is 3.24. The van der Waals surface area contributed by atoms with E-state index in [0.29, 0.717) is 0 Å². The molecule has 0 bridgehead atoms. The number of hydrogen-bond acceptors (Lipinski definition) is 1. The highest BCUT2D eigenvalue weighted by Crippen LogP contribution is 2.42. The quantitative estimate of drug-likeness (QED) is 0.848. The number of nitrogens with one attached hydrogen (secondary N) is 1. The van der Waals surface area contributed by atoms with Crippen LogP contribution < -0.4 is 10.2 Å². The van der Waals surface area contributed by atoms with Gasteiger partial charge in [-0.15, -0.1) is 0 Å². The fourth-order valence-electron chi connectivity index (χ4n) is 2.86. The minimum atomic E-state index is -0.232. The summed E-state index contributed by atoms with van der Waals surface area (Å²) in [6, 6.07) is 17.8. The van der Waals surface area contributed by atoms with Crippen LogP contribution in [0, 0.1) is 0 Å². The van der Waals surface area contributed by atoms with Crippen LogP contribution in [-0.2, 0) is 5.54 Å². The van der Waals surface area contributed by atoms with Crippen LogP contribution in [0.25, 0.3) is 0 Å². The van der Waals surface area contributed by atoms with Crippen molar-refractivity contribution < 1.29 is 4.79 Å². The molecule has 3 rings (SSSR count). The predicted octanol–water partition coefficient (Wildman–Crippen LogP) is 4.67. The van der Waals surface area contributed by atoms with Crippen molar-refractivity contribution in [3.8, 4) is 0 Å². The number of carbonyl (C=O) groups excluding carboxylic acids is 1. The Morgan fingerprint density at radius 3 is 2.45 bits per heavy atom. The van der Waals surface area contributed by atoms with Crippen molar-refractivity contribution in [2.45, 2.75) is 24.8 Å². The van der Waals surface area contributed by atoms with Crippen molar-refractivity contribution >= 4 is 27.6 Å². The number of benzene rings is 2. The molecule has 0 radical (unpaired) electrons. The van der Waals surface area contributed by atoms with Crippen LogP contribution in [0.5, 0.6) is 0 Å². The molecule has 0 aromatic heterocycles. The Hall–Kier alpha value is -1.81. The zero-order valence-corrected chi connectivity index (χ0v) is 14.1. The maximum atomic E-state index is 12.6. The highest BCUT2D eigenvalue weighted by molar-refractivity contribution is 9.10. The first-order valence-corrected chi connectivity index (χ1v) is 8.27. The molecule has 1 aliphatic rings. The first-order valence-electron chi connectivity index (χ1n) is 7.48. The molecule has 0 unspecified atom stereocenters. The van der Waals surface area contributed by atoms with Gasteiger partial charge in [0.05, 0.1) is 5.54 Å². The maximum absolute atomic E-state index is 12.6. The zero-order chi connectivity index (χ0) is 15.6. The molecule has 1 N–H and O–H groups in total. The van der Waals surface area contributed by atoms with E-state index in [1.807, 2.05) is 42.5 Å². The van der Waals surface area contributed by atoms with Crippen LogP contribution in [0.15, 0.2) is 59.1 Å². The van der Waals surface area contributed by atoms with Crippen molar-refractivity contribution in [2.24, 2.45) is 0 Å². The normalized spacial score (nSPS) is 15.7. The molecule has 114 valence electrons. The van der Waals surface area contributed by atoms with Crippen LogP contribution in [0.4, 0.5) is 10.5 Å². The van der Waals surface area contributed by atoms with Crippen molar-refractivity contribution in [2.75, 3.05) is 11.9 Å². The van der Waals surface area contributed by atoms with E-state index in [2.05, 4.69) is 33.4 Å². The van der Waals surface area contributed by atoms with E-state index in [0.717, 1.165) is 29.4 Å². The Morgan fingerprint density at radius 1 is 1.14 bits per heavy atom. The van der Waals surface area contributed by atoms with Crippen molar-refractivity contribution in [1.29, 1.82) is 0 Å². The van der Waals surface area contributed by atoms with Crippen LogP contribution >= 0.6 is 15.9 Å². The third-order valence-corrected chi connectivity index (χ3v) is 4.87. The van der Waals surface area contributed by atoms with Gasteiger partial charge in [0.15, 0.2) is 0 Å².